The van der Waals surface area contributed by atoms with Gasteiger partial charge in [-0.05, 0) is 42.3 Å². The molecule has 1 unspecified atom stereocenters. The lowest BCUT2D eigenvalue weighted by Crippen LogP contribution is -2.33. The number of aryl methyl sites for hydroxylation is 1. The third kappa shape index (κ3) is 4.56. The van der Waals surface area contributed by atoms with Crippen molar-refractivity contribution in [2.24, 2.45) is 0 Å². The van der Waals surface area contributed by atoms with Crippen molar-refractivity contribution in [1.29, 1.82) is 0 Å². The predicted octanol–water partition coefficient (Wildman–Crippen LogP) is 2.91. The van der Waals surface area contributed by atoms with Crippen LogP contribution in [-0.4, -0.2) is 40.6 Å². The number of anilines is 1. The monoisotopic (exact) mass is 399 g/mol. The molecule has 2 heterocycles. The number of rotatable bonds is 4. The van der Waals surface area contributed by atoms with Gasteiger partial charge in [0.2, 0.25) is 0 Å². The summed E-state index contributed by atoms with van der Waals surface area (Å²) in [6.45, 7) is 4.39. The minimum Gasteiger partial charge on any atom is -0.371 e. The van der Waals surface area contributed by atoms with Crippen molar-refractivity contribution < 1.29 is 9.53 Å². The Balaban J connectivity index is 0.00000225. The number of benzene rings is 2. The Kier molecular flexibility index (Phi) is 6.41. The molecule has 0 spiro atoms. The maximum Gasteiger partial charge on any atom is 0.277 e. The fourth-order valence-corrected chi connectivity index (χ4v) is 3.00. The van der Waals surface area contributed by atoms with Gasteiger partial charge in [-0.3, -0.25) is 4.79 Å². The predicted molar refractivity (Wildman–Crippen MR) is 109 cm³/mol. The van der Waals surface area contributed by atoms with Crippen molar-refractivity contribution in [3.05, 3.63) is 71.5 Å². The number of hydrogen-bond donors (Lipinski definition) is 2. The Bertz CT molecular complexity index is 936. The van der Waals surface area contributed by atoms with Crippen LogP contribution in [0.2, 0.25) is 0 Å². The van der Waals surface area contributed by atoms with Crippen LogP contribution in [0.3, 0.4) is 0 Å². The quantitative estimate of drug-likeness (QED) is 0.705. The summed E-state index contributed by atoms with van der Waals surface area (Å²) >= 11 is 0. The summed E-state index contributed by atoms with van der Waals surface area (Å²) in [7, 11) is 0. The van der Waals surface area contributed by atoms with E-state index in [1.165, 1.54) is 11.0 Å². The van der Waals surface area contributed by atoms with Gasteiger partial charge in [-0.15, -0.1) is 17.5 Å². The smallest absolute Gasteiger partial charge is 0.277 e. The largest absolute Gasteiger partial charge is 0.371 e. The molecule has 0 radical (unpaired) electrons. The van der Waals surface area contributed by atoms with Crippen LogP contribution in [0.1, 0.15) is 27.7 Å². The highest BCUT2D eigenvalue weighted by Crippen LogP contribution is 2.21. The molecule has 1 aromatic heterocycles. The second-order valence-electron chi connectivity index (χ2n) is 6.50. The van der Waals surface area contributed by atoms with E-state index >= 15 is 0 Å². The summed E-state index contributed by atoms with van der Waals surface area (Å²) in [6, 6.07) is 15.5. The van der Waals surface area contributed by atoms with Crippen LogP contribution in [0, 0.1) is 6.92 Å². The Hall–Kier alpha value is -2.74. The van der Waals surface area contributed by atoms with E-state index in [0.29, 0.717) is 12.3 Å². The number of aromatic nitrogens is 3. The average molecular weight is 400 g/mol. The molecule has 4 rings (SSSR count). The van der Waals surface area contributed by atoms with Gasteiger partial charge in [0.25, 0.3) is 5.91 Å². The number of carbonyl (C=O) groups excluding carboxylic acids is 1. The zero-order valence-corrected chi connectivity index (χ0v) is 16.3. The van der Waals surface area contributed by atoms with E-state index in [1.807, 2.05) is 55.5 Å². The Labute approximate surface area is 169 Å². The molecule has 1 saturated heterocycles. The molecular weight excluding hydrogens is 378 g/mol. The van der Waals surface area contributed by atoms with Gasteiger partial charge in [0.05, 0.1) is 24.6 Å². The van der Waals surface area contributed by atoms with Crippen molar-refractivity contribution >= 4 is 24.0 Å². The Morgan fingerprint density at radius 3 is 2.79 bits per heavy atom. The van der Waals surface area contributed by atoms with Crippen LogP contribution < -0.4 is 10.6 Å². The fourth-order valence-electron chi connectivity index (χ4n) is 3.00. The highest BCUT2D eigenvalue weighted by molar-refractivity contribution is 6.02. The summed E-state index contributed by atoms with van der Waals surface area (Å²) in [5.74, 6) is -0.294. The summed E-state index contributed by atoms with van der Waals surface area (Å²) < 4.78 is 5.74. The van der Waals surface area contributed by atoms with E-state index in [0.717, 1.165) is 29.9 Å². The molecule has 8 heteroatoms. The molecule has 3 aromatic rings. The van der Waals surface area contributed by atoms with E-state index in [9.17, 15) is 4.79 Å². The van der Waals surface area contributed by atoms with Crippen molar-refractivity contribution in [3.8, 4) is 5.69 Å². The van der Waals surface area contributed by atoms with Crippen LogP contribution in [0.15, 0.2) is 54.7 Å². The minimum atomic E-state index is -0.294. The second-order valence-corrected chi connectivity index (χ2v) is 6.50. The number of ether oxygens (including phenoxy) is 1. The topological polar surface area (TPSA) is 81.1 Å². The lowest BCUT2D eigenvalue weighted by atomic mass is 10.1. The van der Waals surface area contributed by atoms with E-state index < -0.39 is 0 Å². The summed E-state index contributed by atoms with van der Waals surface area (Å²) in [4.78, 5) is 13.9. The van der Waals surface area contributed by atoms with Gasteiger partial charge in [-0.2, -0.15) is 9.90 Å². The van der Waals surface area contributed by atoms with E-state index in [2.05, 4.69) is 20.8 Å². The number of nitrogens with zero attached hydrogens (tertiary/aromatic N) is 3. The molecule has 28 heavy (non-hydrogen) atoms. The van der Waals surface area contributed by atoms with Gasteiger partial charge >= 0.3 is 0 Å². The number of nitrogens with one attached hydrogen (secondary N) is 2. The average Bonchev–Trinajstić information content (AvgIpc) is 3.20. The van der Waals surface area contributed by atoms with Gasteiger partial charge in [0, 0.05) is 18.8 Å². The third-order valence-electron chi connectivity index (χ3n) is 4.43. The molecule has 1 fully saturated rings. The number of amides is 1. The molecule has 0 bridgehead atoms. The van der Waals surface area contributed by atoms with Gasteiger partial charge in [-0.1, -0.05) is 24.3 Å². The standard InChI is InChI=1S/C20H21N5O2.ClH/c1-14-3-2-4-17(11-14)25-22-12-18(24-25)20(26)23-16-7-5-15(6-8-16)19-13-21-9-10-27-19;/h2-8,11-12,19,21H,9-10,13H2,1H3,(H,23,26);1H. The maximum atomic E-state index is 12.5. The zero-order valence-electron chi connectivity index (χ0n) is 15.5. The molecule has 7 nitrogen and oxygen atoms in total. The molecule has 0 aliphatic carbocycles. The van der Waals surface area contributed by atoms with Crippen molar-refractivity contribution in [2.45, 2.75) is 13.0 Å². The normalized spacial score (nSPS) is 16.2. The first kappa shape index (κ1) is 20.0. The molecule has 1 amide bonds. The van der Waals surface area contributed by atoms with E-state index in [4.69, 9.17) is 4.74 Å². The zero-order chi connectivity index (χ0) is 18.6. The van der Waals surface area contributed by atoms with Crippen LogP contribution in [0.5, 0.6) is 0 Å². The highest BCUT2D eigenvalue weighted by Gasteiger charge is 2.16. The molecule has 0 saturated carbocycles. The van der Waals surface area contributed by atoms with Crippen molar-refractivity contribution in [1.82, 2.24) is 20.3 Å². The number of morpholine rings is 1. The molecule has 1 aliphatic rings. The fraction of sp³-hybridized carbons (Fsp3) is 0.250. The molecule has 2 aromatic carbocycles. The molecule has 2 N–H and O–H groups in total. The molecular formula is C20H22ClN5O2. The van der Waals surface area contributed by atoms with Gasteiger partial charge in [0.1, 0.15) is 0 Å². The van der Waals surface area contributed by atoms with E-state index in [-0.39, 0.29) is 30.1 Å². The summed E-state index contributed by atoms with van der Waals surface area (Å²) in [5.41, 5.74) is 3.98. The minimum absolute atomic E-state index is 0. The number of halogens is 1. The third-order valence-corrected chi connectivity index (χ3v) is 4.43. The molecule has 1 atom stereocenters. The lowest BCUT2D eigenvalue weighted by molar-refractivity contribution is 0.0277. The van der Waals surface area contributed by atoms with Crippen LogP contribution >= 0.6 is 12.4 Å². The van der Waals surface area contributed by atoms with Gasteiger partial charge in [0.15, 0.2) is 5.69 Å². The van der Waals surface area contributed by atoms with Crippen LogP contribution in [0.4, 0.5) is 5.69 Å². The first-order valence-electron chi connectivity index (χ1n) is 8.92. The van der Waals surface area contributed by atoms with Crippen LogP contribution in [-0.2, 0) is 4.74 Å². The van der Waals surface area contributed by atoms with Crippen molar-refractivity contribution in [3.63, 3.8) is 0 Å². The molecule has 1 aliphatic heterocycles. The van der Waals surface area contributed by atoms with Crippen LogP contribution in [0.25, 0.3) is 5.69 Å². The number of carbonyl (C=O) groups is 1. The van der Waals surface area contributed by atoms with E-state index in [1.54, 1.807) is 0 Å². The lowest BCUT2D eigenvalue weighted by Gasteiger charge is -2.24. The Morgan fingerprint density at radius 1 is 1.25 bits per heavy atom. The number of hydrogen-bond acceptors (Lipinski definition) is 5. The maximum absolute atomic E-state index is 12.5. The summed E-state index contributed by atoms with van der Waals surface area (Å²) in [5, 5.41) is 14.6. The first-order valence-corrected chi connectivity index (χ1v) is 8.92. The second kappa shape index (κ2) is 8.97. The van der Waals surface area contributed by atoms with Gasteiger partial charge in [-0.25, -0.2) is 0 Å². The highest BCUT2D eigenvalue weighted by atomic mass is 35.5. The van der Waals surface area contributed by atoms with Crippen molar-refractivity contribution in [2.75, 3.05) is 25.0 Å². The Morgan fingerprint density at radius 2 is 2.07 bits per heavy atom. The SMILES string of the molecule is Cc1cccc(-n2ncc(C(=O)Nc3ccc(C4CNCCO4)cc3)n2)c1.Cl. The summed E-state index contributed by atoms with van der Waals surface area (Å²) in [6.07, 6.45) is 1.52. The first-order chi connectivity index (χ1) is 13.2. The van der Waals surface area contributed by atoms with Gasteiger partial charge < -0.3 is 15.4 Å². The molecule has 146 valence electrons.